The van der Waals surface area contributed by atoms with E-state index in [-0.39, 0.29) is 0 Å². The van der Waals surface area contributed by atoms with Crippen LogP contribution >= 0.6 is 11.6 Å². The smallest absolute Gasteiger partial charge is 0.122 e. The molecule has 1 aromatic rings. The van der Waals surface area contributed by atoms with E-state index in [9.17, 15) is 0 Å². The zero-order chi connectivity index (χ0) is 11.3. The van der Waals surface area contributed by atoms with Crippen LogP contribution in [0.15, 0.2) is 18.2 Å². The maximum absolute atomic E-state index is 5.96. The Hall–Kier alpha value is -0.730. The Labute approximate surface area is 96.8 Å². The minimum absolute atomic E-state index is 0.691. The molecule has 0 radical (unpaired) electrons. The molecule has 0 aliphatic rings. The standard InChI is InChI=1S/C12H18ClNO/c1-4-15-12-6-5-11(13)9-10(12)7-8-14(2)3/h5-6,9H,4,7-8H2,1-3H3. The zero-order valence-electron chi connectivity index (χ0n) is 9.59. The molecule has 0 amide bonds. The van der Waals surface area contributed by atoms with Gasteiger partial charge in [0.15, 0.2) is 0 Å². The third kappa shape index (κ3) is 4.10. The summed E-state index contributed by atoms with van der Waals surface area (Å²) in [5.41, 5.74) is 1.18. The van der Waals surface area contributed by atoms with E-state index in [2.05, 4.69) is 19.0 Å². The van der Waals surface area contributed by atoms with Gasteiger partial charge in [-0.1, -0.05) is 11.6 Å². The van der Waals surface area contributed by atoms with E-state index in [1.807, 2.05) is 25.1 Å². The van der Waals surface area contributed by atoms with E-state index in [0.717, 1.165) is 23.7 Å². The Balaban J connectivity index is 2.77. The summed E-state index contributed by atoms with van der Waals surface area (Å²) in [7, 11) is 4.12. The molecule has 1 rings (SSSR count). The highest BCUT2D eigenvalue weighted by atomic mass is 35.5. The van der Waals surface area contributed by atoms with Crippen LogP contribution in [-0.4, -0.2) is 32.1 Å². The van der Waals surface area contributed by atoms with Gasteiger partial charge < -0.3 is 9.64 Å². The molecule has 15 heavy (non-hydrogen) atoms. The van der Waals surface area contributed by atoms with Gasteiger partial charge in [-0.2, -0.15) is 0 Å². The highest BCUT2D eigenvalue weighted by Crippen LogP contribution is 2.23. The average molecular weight is 228 g/mol. The Morgan fingerprint density at radius 1 is 1.33 bits per heavy atom. The summed E-state index contributed by atoms with van der Waals surface area (Å²) in [6.45, 7) is 3.68. The molecule has 0 aliphatic carbocycles. The van der Waals surface area contributed by atoms with Crippen LogP contribution in [0.1, 0.15) is 12.5 Å². The maximum atomic E-state index is 5.96. The molecule has 0 bridgehead atoms. The highest BCUT2D eigenvalue weighted by Gasteiger charge is 2.04. The molecule has 0 aliphatic heterocycles. The Kier molecular flexibility index (Phi) is 4.92. The summed E-state index contributed by atoms with van der Waals surface area (Å²) >= 11 is 5.96. The number of rotatable bonds is 5. The number of benzene rings is 1. The van der Waals surface area contributed by atoms with Crippen molar-refractivity contribution in [3.05, 3.63) is 28.8 Å². The predicted octanol–water partition coefficient (Wildman–Crippen LogP) is 2.84. The molecule has 84 valence electrons. The van der Waals surface area contributed by atoms with Gasteiger partial charge >= 0.3 is 0 Å². The molecule has 0 N–H and O–H groups in total. The Bertz CT molecular complexity index is 312. The summed E-state index contributed by atoms with van der Waals surface area (Å²) in [6.07, 6.45) is 0.961. The Morgan fingerprint density at radius 2 is 2.07 bits per heavy atom. The van der Waals surface area contributed by atoms with Gasteiger partial charge in [-0.05, 0) is 51.2 Å². The Morgan fingerprint density at radius 3 is 2.67 bits per heavy atom. The number of likely N-dealkylation sites (N-methyl/N-ethyl adjacent to an activating group) is 1. The van der Waals surface area contributed by atoms with Gasteiger partial charge in [-0.25, -0.2) is 0 Å². The first-order chi connectivity index (χ1) is 7.13. The minimum Gasteiger partial charge on any atom is -0.494 e. The third-order valence-corrected chi connectivity index (χ3v) is 2.39. The molecule has 2 nitrogen and oxygen atoms in total. The first-order valence-corrected chi connectivity index (χ1v) is 5.57. The molecule has 1 aromatic carbocycles. The molecule has 0 saturated heterocycles. The van der Waals surface area contributed by atoms with Gasteiger partial charge in [0.25, 0.3) is 0 Å². The normalized spacial score (nSPS) is 10.7. The van der Waals surface area contributed by atoms with Crippen LogP contribution in [0.5, 0.6) is 5.75 Å². The number of hydrogen-bond acceptors (Lipinski definition) is 2. The van der Waals surface area contributed by atoms with Crippen molar-refractivity contribution in [1.29, 1.82) is 0 Å². The molecule has 0 spiro atoms. The second-order valence-electron chi connectivity index (χ2n) is 3.74. The molecule has 0 aromatic heterocycles. The van der Waals surface area contributed by atoms with E-state index in [0.29, 0.717) is 6.61 Å². The SMILES string of the molecule is CCOc1ccc(Cl)cc1CCN(C)C. The van der Waals surface area contributed by atoms with Crippen molar-refractivity contribution in [2.45, 2.75) is 13.3 Å². The summed E-state index contributed by atoms with van der Waals surface area (Å²) in [4.78, 5) is 2.15. The van der Waals surface area contributed by atoms with Crippen molar-refractivity contribution in [2.75, 3.05) is 27.2 Å². The molecular weight excluding hydrogens is 210 g/mol. The van der Waals surface area contributed by atoms with Gasteiger partial charge in [0.05, 0.1) is 6.61 Å². The third-order valence-electron chi connectivity index (χ3n) is 2.15. The van der Waals surface area contributed by atoms with E-state index < -0.39 is 0 Å². The lowest BCUT2D eigenvalue weighted by atomic mass is 10.1. The van der Waals surface area contributed by atoms with Crippen molar-refractivity contribution < 1.29 is 4.74 Å². The van der Waals surface area contributed by atoms with Crippen LogP contribution in [-0.2, 0) is 6.42 Å². The van der Waals surface area contributed by atoms with Crippen LogP contribution in [0.3, 0.4) is 0 Å². The van der Waals surface area contributed by atoms with Crippen molar-refractivity contribution in [1.82, 2.24) is 4.90 Å². The topological polar surface area (TPSA) is 12.5 Å². The fraction of sp³-hybridized carbons (Fsp3) is 0.500. The fourth-order valence-electron chi connectivity index (χ4n) is 1.38. The summed E-state index contributed by atoms with van der Waals surface area (Å²) in [6, 6.07) is 5.79. The number of ether oxygens (including phenoxy) is 1. The first-order valence-electron chi connectivity index (χ1n) is 5.19. The lowest BCUT2D eigenvalue weighted by molar-refractivity contribution is 0.333. The van der Waals surface area contributed by atoms with Crippen LogP contribution in [0.25, 0.3) is 0 Å². The predicted molar refractivity (Wildman–Crippen MR) is 64.9 cm³/mol. The molecule has 0 fully saturated rings. The van der Waals surface area contributed by atoms with E-state index in [1.165, 1.54) is 5.56 Å². The fourth-order valence-corrected chi connectivity index (χ4v) is 1.58. The number of halogens is 1. The molecule has 0 unspecified atom stereocenters. The lowest BCUT2D eigenvalue weighted by Crippen LogP contribution is -2.15. The molecule has 0 saturated carbocycles. The summed E-state index contributed by atoms with van der Waals surface area (Å²) in [5.74, 6) is 0.948. The maximum Gasteiger partial charge on any atom is 0.122 e. The highest BCUT2D eigenvalue weighted by molar-refractivity contribution is 6.30. The summed E-state index contributed by atoms with van der Waals surface area (Å²) < 4.78 is 5.55. The van der Waals surface area contributed by atoms with Gasteiger partial charge in [0, 0.05) is 11.6 Å². The molecule has 0 heterocycles. The van der Waals surface area contributed by atoms with Gasteiger partial charge in [0.1, 0.15) is 5.75 Å². The van der Waals surface area contributed by atoms with Crippen LogP contribution < -0.4 is 4.74 Å². The van der Waals surface area contributed by atoms with Crippen LogP contribution in [0, 0.1) is 0 Å². The van der Waals surface area contributed by atoms with Crippen LogP contribution in [0.2, 0.25) is 5.02 Å². The molecular formula is C12H18ClNO. The monoisotopic (exact) mass is 227 g/mol. The van der Waals surface area contributed by atoms with E-state index in [4.69, 9.17) is 16.3 Å². The summed E-state index contributed by atoms with van der Waals surface area (Å²) in [5, 5.41) is 0.771. The van der Waals surface area contributed by atoms with Crippen molar-refractivity contribution in [3.63, 3.8) is 0 Å². The number of nitrogens with zero attached hydrogens (tertiary/aromatic N) is 1. The minimum atomic E-state index is 0.691. The number of hydrogen-bond donors (Lipinski definition) is 0. The first kappa shape index (κ1) is 12.3. The molecule has 3 heteroatoms. The second kappa shape index (κ2) is 5.99. The average Bonchev–Trinajstić information content (AvgIpc) is 2.18. The molecule has 0 atom stereocenters. The van der Waals surface area contributed by atoms with Crippen molar-refractivity contribution in [3.8, 4) is 5.75 Å². The van der Waals surface area contributed by atoms with Gasteiger partial charge in [0.2, 0.25) is 0 Å². The van der Waals surface area contributed by atoms with Gasteiger partial charge in [-0.15, -0.1) is 0 Å². The van der Waals surface area contributed by atoms with Crippen molar-refractivity contribution in [2.24, 2.45) is 0 Å². The second-order valence-corrected chi connectivity index (χ2v) is 4.17. The lowest BCUT2D eigenvalue weighted by Gasteiger charge is -2.13. The van der Waals surface area contributed by atoms with Crippen molar-refractivity contribution >= 4 is 11.6 Å². The zero-order valence-corrected chi connectivity index (χ0v) is 10.3. The quantitative estimate of drug-likeness (QED) is 0.767. The largest absolute Gasteiger partial charge is 0.494 e. The van der Waals surface area contributed by atoms with Gasteiger partial charge in [-0.3, -0.25) is 0 Å². The van der Waals surface area contributed by atoms with E-state index >= 15 is 0 Å². The van der Waals surface area contributed by atoms with E-state index in [1.54, 1.807) is 0 Å². The van der Waals surface area contributed by atoms with Crippen LogP contribution in [0.4, 0.5) is 0 Å².